The lowest BCUT2D eigenvalue weighted by Gasteiger charge is -2.59. The highest BCUT2D eigenvalue weighted by molar-refractivity contribution is 7.89. The van der Waals surface area contributed by atoms with E-state index in [0.717, 1.165) is 32.1 Å². The van der Waals surface area contributed by atoms with Crippen LogP contribution in [0.5, 0.6) is 0 Å². The van der Waals surface area contributed by atoms with Gasteiger partial charge in [0.15, 0.2) is 0 Å². The molecule has 1 N–H and O–H groups in total. The molecular formula is C14H23NO3S. The number of carbonyl (C=O) groups is 1. The van der Waals surface area contributed by atoms with Gasteiger partial charge in [-0.3, -0.25) is 4.79 Å². The van der Waals surface area contributed by atoms with Crippen LogP contribution in [0.3, 0.4) is 0 Å². The molecule has 0 aliphatic heterocycles. The van der Waals surface area contributed by atoms with Gasteiger partial charge in [0.2, 0.25) is 10.0 Å². The number of Topliss-reactive ketones (excluding diaryl/α,β-unsaturated/α-hetero) is 1. The van der Waals surface area contributed by atoms with Crippen molar-refractivity contribution >= 4 is 15.8 Å². The predicted molar refractivity (Wildman–Crippen MR) is 73.1 cm³/mol. The van der Waals surface area contributed by atoms with E-state index in [-0.39, 0.29) is 17.2 Å². The summed E-state index contributed by atoms with van der Waals surface area (Å²) in [7, 11) is -3.15. The molecule has 0 saturated heterocycles. The molecule has 4 fully saturated rings. The summed E-state index contributed by atoms with van der Waals surface area (Å²) in [5, 5.41) is 0. The standard InChI is InChI=1S/C14H23NO3S/c1-3-19(17,18)15-14-6-10-4-11(7-14)13(9(2)16)12(5-10)8-14/h10-13,15H,3-8H2,1-2H3. The molecule has 4 aliphatic carbocycles. The molecule has 5 heteroatoms. The largest absolute Gasteiger partial charge is 0.300 e. The Kier molecular flexibility index (Phi) is 3.06. The molecule has 4 saturated carbocycles. The van der Waals surface area contributed by atoms with Gasteiger partial charge in [0.1, 0.15) is 5.78 Å². The zero-order chi connectivity index (χ0) is 13.8. The molecule has 0 spiro atoms. The summed E-state index contributed by atoms with van der Waals surface area (Å²) in [6, 6.07) is 0. The molecule has 19 heavy (non-hydrogen) atoms. The summed E-state index contributed by atoms with van der Waals surface area (Å²) in [5.41, 5.74) is -0.239. The van der Waals surface area contributed by atoms with Gasteiger partial charge in [0.25, 0.3) is 0 Å². The zero-order valence-corrected chi connectivity index (χ0v) is 12.5. The van der Waals surface area contributed by atoms with Crippen LogP contribution in [0.1, 0.15) is 46.0 Å². The topological polar surface area (TPSA) is 63.2 Å². The number of carbonyl (C=O) groups excluding carboxylic acids is 1. The van der Waals surface area contributed by atoms with Crippen molar-refractivity contribution in [1.82, 2.24) is 4.72 Å². The second kappa shape index (κ2) is 4.29. The first-order chi connectivity index (χ1) is 8.84. The van der Waals surface area contributed by atoms with E-state index in [1.54, 1.807) is 13.8 Å². The number of hydrogen-bond acceptors (Lipinski definition) is 3. The van der Waals surface area contributed by atoms with Gasteiger partial charge in [-0.1, -0.05) is 0 Å². The number of nitrogens with one attached hydrogen (secondary N) is 1. The van der Waals surface area contributed by atoms with E-state index in [0.29, 0.717) is 23.5 Å². The van der Waals surface area contributed by atoms with Gasteiger partial charge in [-0.05, 0) is 63.7 Å². The highest BCUT2D eigenvalue weighted by Crippen LogP contribution is 2.58. The van der Waals surface area contributed by atoms with Crippen molar-refractivity contribution in [2.24, 2.45) is 23.7 Å². The van der Waals surface area contributed by atoms with Gasteiger partial charge in [0.05, 0.1) is 5.75 Å². The maximum absolute atomic E-state index is 11.9. The van der Waals surface area contributed by atoms with Crippen molar-refractivity contribution in [1.29, 1.82) is 0 Å². The molecule has 2 unspecified atom stereocenters. The van der Waals surface area contributed by atoms with Crippen LogP contribution >= 0.6 is 0 Å². The summed E-state index contributed by atoms with van der Waals surface area (Å²) in [5.74, 6) is 2.07. The zero-order valence-electron chi connectivity index (χ0n) is 11.7. The fraction of sp³-hybridized carbons (Fsp3) is 0.929. The summed E-state index contributed by atoms with van der Waals surface area (Å²) in [4.78, 5) is 11.8. The number of hydrogen-bond donors (Lipinski definition) is 1. The Morgan fingerprint density at radius 3 is 2.26 bits per heavy atom. The predicted octanol–water partition coefficient (Wildman–Crippen LogP) is 1.71. The van der Waals surface area contributed by atoms with Crippen molar-refractivity contribution in [3.63, 3.8) is 0 Å². The van der Waals surface area contributed by atoms with Crippen molar-refractivity contribution in [2.45, 2.75) is 51.5 Å². The minimum absolute atomic E-state index is 0.144. The van der Waals surface area contributed by atoms with Crippen molar-refractivity contribution in [3.05, 3.63) is 0 Å². The smallest absolute Gasteiger partial charge is 0.211 e. The highest BCUT2D eigenvalue weighted by Gasteiger charge is 2.57. The number of ketones is 1. The van der Waals surface area contributed by atoms with E-state index in [4.69, 9.17) is 0 Å². The molecule has 4 nitrogen and oxygen atoms in total. The molecule has 0 amide bonds. The van der Waals surface area contributed by atoms with E-state index >= 15 is 0 Å². The fourth-order valence-corrected chi connectivity index (χ4v) is 6.27. The highest BCUT2D eigenvalue weighted by atomic mass is 32.2. The van der Waals surface area contributed by atoms with Crippen LogP contribution in [-0.4, -0.2) is 25.5 Å². The lowest BCUT2D eigenvalue weighted by molar-refractivity contribution is -0.135. The number of rotatable bonds is 4. The molecule has 0 radical (unpaired) electrons. The van der Waals surface area contributed by atoms with Crippen LogP contribution in [0.2, 0.25) is 0 Å². The Hall–Kier alpha value is -0.420. The van der Waals surface area contributed by atoms with E-state index in [2.05, 4.69) is 4.72 Å². The van der Waals surface area contributed by atoms with Crippen LogP contribution in [0.15, 0.2) is 0 Å². The monoisotopic (exact) mass is 285 g/mol. The number of sulfonamides is 1. The first-order valence-corrected chi connectivity index (χ1v) is 9.01. The Labute approximate surface area is 115 Å². The molecule has 0 heterocycles. The second-order valence-electron chi connectivity index (χ2n) is 6.89. The maximum atomic E-state index is 11.9. The molecule has 4 rings (SSSR count). The van der Waals surface area contributed by atoms with Crippen LogP contribution < -0.4 is 4.72 Å². The third kappa shape index (κ3) is 2.25. The fourth-order valence-electron chi connectivity index (χ4n) is 5.22. The van der Waals surface area contributed by atoms with Crippen LogP contribution in [-0.2, 0) is 14.8 Å². The normalized spacial score (nSPS) is 44.5. The average Bonchev–Trinajstić information content (AvgIpc) is 2.25. The average molecular weight is 285 g/mol. The van der Waals surface area contributed by atoms with Crippen LogP contribution in [0.4, 0.5) is 0 Å². The Morgan fingerprint density at radius 1 is 1.21 bits per heavy atom. The van der Waals surface area contributed by atoms with E-state index in [1.807, 2.05) is 0 Å². The Bertz CT molecular complexity index is 483. The molecule has 4 aliphatic rings. The third-order valence-corrected chi connectivity index (χ3v) is 7.00. The molecule has 4 bridgehead atoms. The van der Waals surface area contributed by atoms with Crippen LogP contribution in [0.25, 0.3) is 0 Å². The Balaban J connectivity index is 1.86. The lowest BCUT2D eigenvalue weighted by Crippen LogP contribution is -2.63. The van der Waals surface area contributed by atoms with Crippen molar-refractivity contribution in [2.75, 3.05) is 5.75 Å². The van der Waals surface area contributed by atoms with Crippen LogP contribution in [0, 0.1) is 23.7 Å². The second-order valence-corrected chi connectivity index (χ2v) is 8.90. The summed E-state index contributed by atoms with van der Waals surface area (Å²) in [6.45, 7) is 3.39. The van der Waals surface area contributed by atoms with Gasteiger partial charge in [-0.15, -0.1) is 0 Å². The van der Waals surface area contributed by atoms with Crippen molar-refractivity contribution in [3.8, 4) is 0 Å². The molecule has 0 aromatic rings. The van der Waals surface area contributed by atoms with Gasteiger partial charge in [-0.2, -0.15) is 0 Å². The first kappa shape index (κ1) is 13.6. The summed E-state index contributed by atoms with van der Waals surface area (Å²) in [6.07, 6.45) is 4.95. The van der Waals surface area contributed by atoms with Gasteiger partial charge in [-0.25, -0.2) is 13.1 Å². The van der Waals surface area contributed by atoms with E-state index < -0.39 is 10.0 Å². The third-order valence-electron chi connectivity index (χ3n) is 5.49. The van der Waals surface area contributed by atoms with Gasteiger partial charge in [0, 0.05) is 11.5 Å². The SMILES string of the molecule is CCS(=O)(=O)NC12CC3CC(C1)C(C(C)=O)C(C3)C2. The van der Waals surface area contributed by atoms with E-state index in [9.17, 15) is 13.2 Å². The van der Waals surface area contributed by atoms with Gasteiger partial charge < -0.3 is 0 Å². The van der Waals surface area contributed by atoms with Gasteiger partial charge >= 0.3 is 0 Å². The molecular weight excluding hydrogens is 262 g/mol. The maximum Gasteiger partial charge on any atom is 0.211 e. The minimum atomic E-state index is -3.15. The first-order valence-electron chi connectivity index (χ1n) is 7.36. The lowest BCUT2D eigenvalue weighted by atomic mass is 9.48. The quantitative estimate of drug-likeness (QED) is 0.855. The molecule has 0 aromatic heterocycles. The minimum Gasteiger partial charge on any atom is -0.300 e. The molecule has 2 atom stereocenters. The van der Waals surface area contributed by atoms with Crippen molar-refractivity contribution < 1.29 is 13.2 Å². The molecule has 0 aromatic carbocycles. The molecule has 108 valence electrons. The summed E-state index contributed by atoms with van der Waals surface area (Å²) >= 11 is 0. The summed E-state index contributed by atoms with van der Waals surface area (Å²) < 4.78 is 26.8. The van der Waals surface area contributed by atoms with E-state index in [1.165, 1.54) is 0 Å². The Morgan fingerprint density at radius 2 is 1.79 bits per heavy atom.